The summed E-state index contributed by atoms with van der Waals surface area (Å²) in [5.74, 6) is 1.89. The Labute approximate surface area is 379 Å². The molecule has 4 nitrogen and oxygen atoms in total. The summed E-state index contributed by atoms with van der Waals surface area (Å²) in [5.41, 5.74) is 14.0. The van der Waals surface area contributed by atoms with Gasteiger partial charge >= 0.3 is 0 Å². The van der Waals surface area contributed by atoms with E-state index in [0.29, 0.717) is 17.5 Å². The first-order chi connectivity index (χ1) is 31.7. The van der Waals surface area contributed by atoms with Gasteiger partial charge in [0.25, 0.3) is 0 Å². The summed E-state index contributed by atoms with van der Waals surface area (Å²) in [5, 5.41) is 7.60. The monoisotopic (exact) mass is 836 g/mol. The van der Waals surface area contributed by atoms with E-state index in [0.717, 1.165) is 45.5 Å². The van der Waals surface area contributed by atoms with E-state index in [9.17, 15) is 0 Å². The van der Waals surface area contributed by atoms with Gasteiger partial charge in [-0.05, 0) is 121 Å². The molecule has 9 aromatic carbocycles. The van der Waals surface area contributed by atoms with Crippen LogP contribution in [-0.4, -0.2) is 19.5 Å². The second kappa shape index (κ2) is 15.0. The maximum Gasteiger partial charge on any atom is 0.164 e. The van der Waals surface area contributed by atoms with Crippen LogP contribution >= 0.6 is 0 Å². The van der Waals surface area contributed by atoms with Crippen molar-refractivity contribution < 1.29 is 0 Å². The van der Waals surface area contributed by atoms with Crippen LogP contribution in [0.25, 0.3) is 105 Å². The van der Waals surface area contributed by atoms with Crippen molar-refractivity contribution in [3.05, 3.63) is 205 Å². The van der Waals surface area contributed by atoms with Gasteiger partial charge in [0.1, 0.15) is 0 Å². The van der Waals surface area contributed by atoms with Crippen molar-refractivity contribution in [2.24, 2.45) is 0 Å². The van der Waals surface area contributed by atoms with Crippen molar-refractivity contribution in [3.63, 3.8) is 0 Å². The van der Waals surface area contributed by atoms with E-state index in [2.05, 4.69) is 220 Å². The summed E-state index contributed by atoms with van der Waals surface area (Å²) in [4.78, 5) is 15.7. The molecule has 0 bridgehead atoms. The Morgan fingerprint density at radius 2 is 0.877 bits per heavy atom. The van der Waals surface area contributed by atoms with Crippen molar-refractivity contribution in [1.29, 1.82) is 0 Å². The maximum absolute atomic E-state index is 5.26. The van der Waals surface area contributed by atoms with Gasteiger partial charge in [-0.25, -0.2) is 15.0 Å². The largest absolute Gasteiger partial charge is 0.309 e. The molecule has 0 atom stereocenters. The molecule has 2 heterocycles. The molecule has 12 rings (SSSR count). The maximum atomic E-state index is 5.26. The van der Waals surface area contributed by atoms with E-state index in [1.807, 2.05) is 6.07 Å². The Hall–Kier alpha value is -7.69. The van der Waals surface area contributed by atoms with E-state index in [1.165, 1.54) is 66.5 Å². The van der Waals surface area contributed by atoms with E-state index in [-0.39, 0.29) is 10.8 Å². The van der Waals surface area contributed by atoms with Crippen LogP contribution in [0.1, 0.15) is 51.7 Å². The van der Waals surface area contributed by atoms with E-state index < -0.39 is 0 Å². The second-order valence-electron chi connectivity index (χ2n) is 19.1. The van der Waals surface area contributed by atoms with Crippen molar-refractivity contribution in [1.82, 2.24) is 19.5 Å². The van der Waals surface area contributed by atoms with Gasteiger partial charge in [-0.15, -0.1) is 0 Å². The van der Waals surface area contributed by atoms with Crippen LogP contribution in [0, 0.1) is 0 Å². The summed E-state index contributed by atoms with van der Waals surface area (Å²) in [6.07, 6.45) is 2.34. The summed E-state index contributed by atoms with van der Waals surface area (Å²) >= 11 is 0. The van der Waals surface area contributed by atoms with Gasteiger partial charge in [-0.3, -0.25) is 0 Å². The Bertz CT molecular complexity index is 3630. The zero-order valence-corrected chi connectivity index (χ0v) is 37.2. The number of hydrogen-bond donors (Lipinski definition) is 0. The molecule has 0 fully saturated rings. The lowest BCUT2D eigenvalue weighted by molar-refractivity contribution is 0.332. The molecule has 65 heavy (non-hydrogen) atoms. The van der Waals surface area contributed by atoms with Crippen molar-refractivity contribution in [2.75, 3.05) is 0 Å². The number of rotatable bonds is 6. The van der Waals surface area contributed by atoms with Gasteiger partial charge in [0, 0.05) is 33.2 Å². The van der Waals surface area contributed by atoms with Crippen LogP contribution in [-0.2, 0) is 10.8 Å². The van der Waals surface area contributed by atoms with Gasteiger partial charge in [0.2, 0.25) is 0 Å². The van der Waals surface area contributed by atoms with Crippen molar-refractivity contribution in [3.8, 4) is 62.1 Å². The Kier molecular flexibility index (Phi) is 8.96. The molecule has 312 valence electrons. The minimum atomic E-state index is 0.0791. The highest BCUT2D eigenvalue weighted by atomic mass is 15.0. The average Bonchev–Trinajstić information content (AvgIpc) is 3.69. The molecule has 0 N–H and O–H groups in total. The van der Waals surface area contributed by atoms with Crippen LogP contribution in [0.3, 0.4) is 0 Å². The number of fused-ring (bicyclic) bond motifs is 7. The molecule has 0 aliphatic heterocycles. The van der Waals surface area contributed by atoms with E-state index in [4.69, 9.17) is 15.0 Å². The topological polar surface area (TPSA) is 43.6 Å². The van der Waals surface area contributed by atoms with Crippen LogP contribution in [0.4, 0.5) is 0 Å². The van der Waals surface area contributed by atoms with Gasteiger partial charge in [0.15, 0.2) is 17.5 Å². The predicted molar refractivity (Wildman–Crippen MR) is 272 cm³/mol. The van der Waals surface area contributed by atoms with Crippen molar-refractivity contribution in [2.45, 2.75) is 51.4 Å². The fraction of sp³-hybridized carbons (Fsp3) is 0.131. The first-order valence-corrected chi connectivity index (χ1v) is 22.8. The number of nitrogens with zero attached hydrogens (tertiary/aromatic N) is 4. The predicted octanol–water partition coefficient (Wildman–Crippen LogP) is 16.0. The summed E-state index contributed by atoms with van der Waals surface area (Å²) in [6, 6.07) is 69.8. The lowest BCUT2D eigenvalue weighted by Gasteiger charge is -2.42. The van der Waals surface area contributed by atoms with Crippen LogP contribution in [0.5, 0.6) is 0 Å². The van der Waals surface area contributed by atoms with E-state index >= 15 is 0 Å². The molecular formula is C61H48N4. The minimum Gasteiger partial charge on any atom is -0.309 e. The molecule has 0 unspecified atom stereocenters. The number of hydrogen-bond acceptors (Lipinski definition) is 3. The van der Waals surface area contributed by atoms with Crippen LogP contribution < -0.4 is 0 Å². The molecule has 2 aromatic heterocycles. The third kappa shape index (κ3) is 6.54. The summed E-state index contributed by atoms with van der Waals surface area (Å²) in [6.45, 7) is 9.67. The first-order valence-electron chi connectivity index (χ1n) is 22.8. The van der Waals surface area contributed by atoms with Gasteiger partial charge in [-0.2, -0.15) is 0 Å². The molecule has 1 aliphatic rings. The fourth-order valence-electron chi connectivity index (χ4n) is 10.5. The molecule has 1 aliphatic carbocycles. The van der Waals surface area contributed by atoms with Gasteiger partial charge < -0.3 is 4.57 Å². The molecule has 4 heteroatoms. The standard InChI is InChI=1S/C61H48N4/c1-60(2)35-36-61(3,4)53-38-55-51(37-52(53)60)56-49-22-11-9-18-41(49)31-34-54(56)65(55)45-32-29-44(30-33-45)58-62-57(63-59(64-58)50-23-13-12-21-48(50)39-15-6-5-7-16-39)43-27-25-42(26-28-43)47-24-14-19-40-17-8-10-20-46(40)47/h5-34,37-38H,35-36H2,1-4H3. The number of benzene rings is 9. The SMILES string of the molecule is CC1(C)CCC(C)(C)c2cc3c(cc21)c1c2ccccc2ccc1n3-c1ccc(-c2nc(-c3ccc(-c4cccc5ccccc45)cc3)nc(-c3ccccc3-c3ccccc3)n2)cc1. The van der Waals surface area contributed by atoms with Gasteiger partial charge in [-0.1, -0.05) is 179 Å². The molecule has 11 aromatic rings. The van der Waals surface area contributed by atoms with Crippen LogP contribution in [0.15, 0.2) is 194 Å². The normalized spacial score (nSPS) is 14.3. The fourth-order valence-corrected chi connectivity index (χ4v) is 10.5. The van der Waals surface area contributed by atoms with E-state index in [1.54, 1.807) is 0 Å². The average molecular weight is 837 g/mol. The summed E-state index contributed by atoms with van der Waals surface area (Å²) < 4.78 is 2.47. The summed E-state index contributed by atoms with van der Waals surface area (Å²) in [7, 11) is 0. The lowest BCUT2D eigenvalue weighted by Crippen LogP contribution is -2.33. The lowest BCUT2D eigenvalue weighted by atomic mass is 9.63. The highest BCUT2D eigenvalue weighted by Gasteiger charge is 2.38. The highest BCUT2D eigenvalue weighted by Crippen LogP contribution is 2.49. The third-order valence-electron chi connectivity index (χ3n) is 14.1. The minimum absolute atomic E-state index is 0.0791. The molecule has 0 amide bonds. The third-order valence-corrected chi connectivity index (χ3v) is 14.1. The zero-order chi connectivity index (χ0) is 43.9. The molecule has 0 radical (unpaired) electrons. The molecule has 0 spiro atoms. The molecular weight excluding hydrogens is 789 g/mol. The molecule has 0 saturated heterocycles. The van der Waals surface area contributed by atoms with Gasteiger partial charge in [0.05, 0.1) is 11.0 Å². The zero-order valence-electron chi connectivity index (χ0n) is 37.2. The Morgan fingerprint density at radius 1 is 0.369 bits per heavy atom. The Morgan fingerprint density at radius 3 is 1.58 bits per heavy atom. The Balaban J connectivity index is 1.02. The second-order valence-corrected chi connectivity index (χ2v) is 19.1. The highest BCUT2D eigenvalue weighted by molar-refractivity contribution is 6.21. The quantitative estimate of drug-likeness (QED) is 0.168. The van der Waals surface area contributed by atoms with Crippen molar-refractivity contribution >= 4 is 43.4 Å². The molecule has 0 saturated carbocycles. The number of aromatic nitrogens is 4. The first kappa shape index (κ1) is 38.9. The van der Waals surface area contributed by atoms with Crippen LogP contribution in [0.2, 0.25) is 0 Å². The smallest absolute Gasteiger partial charge is 0.164 e.